The molecule has 4 rings (SSSR count). The maximum Gasteiger partial charge on any atom is 0.240 e. The fraction of sp³-hybridized carbons (Fsp3) is 0.737. The Labute approximate surface area is 149 Å². The summed E-state index contributed by atoms with van der Waals surface area (Å²) in [6.07, 6.45) is 10.7. The molecule has 1 atom stereocenters. The summed E-state index contributed by atoms with van der Waals surface area (Å²) in [6.45, 7) is 8.20. The Bertz CT molecular complexity index is 688. The third kappa shape index (κ3) is 3.78. The molecule has 2 fully saturated rings. The van der Waals surface area contributed by atoms with Crippen molar-refractivity contribution in [1.29, 1.82) is 0 Å². The summed E-state index contributed by atoms with van der Waals surface area (Å²) in [5.41, 5.74) is 0. The van der Waals surface area contributed by atoms with Gasteiger partial charge < -0.3 is 9.09 Å². The average Bonchev–Trinajstić information content (AvgIpc) is 3.20. The lowest BCUT2D eigenvalue weighted by molar-refractivity contribution is 0.171. The molecule has 0 spiro atoms. The lowest BCUT2D eigenvalue weighted by Gasteiger charge is -2.33. The van der Waals surface area contributed by atoms with Crippen LogP contribution in [0.4, 0.5) is 0 Å². The summed E-state index contributed by atoms with van der Waals surface area (Å²) in [5, 5.41) is 4.08. The van der Waals surface area contributed by atoms with E-state index in [0.29, 0.717) is 11.8 Å². The number of hydrogen-bond acceptors (Lipinski definition) is 5. The van der Waals surface area contributed by atoms with Crippen LogP contribution in [0.1, 0.15) is 75.3 Å². The van der Waals surface area contributed by atoms with Gasteiger partial charge in [-0.3, -0.25) is 4.90 Å². The van der Waals surface area contributed by atoms with E-state index in [9.17, 15) is 0 Å². The molecule has 0 bridgehead atoms. The fourth-order valence-electron chi connectivity index (χ4n) is 3.96. The maximum atomic E-state index is 5.43. The molecule has 0 aromatic carbocycles. The minimum absolute atomic E-state index is 0.311. The molecule has 1 aliphatic heterocycles. The first-order valence-electron chi connectivity index (χ1n) is 9.75. The summed E-state index contributed by atoms with van der Waals surface area (Å²) in [5.74, 6) is 4.49. The van der Waals surface area contributed by atoms with Gasteiger partial charge in [-0.2, -0.15) is 4.98 Å². The van der Waals surface area contributed by atoms with Gasteiger partial charge in [-0.15, -0.1) is 0 Å². The van der Waals surface area contributed by atoms with Crippen molar-refractivity contribution < 1.29 is 4.52 Å². The molecule has 136 valence electrons. The molecule has 6 heteroatoms. The van der Waals surface area contributed by atoms with Crippen LogP contribution in [0.25, 0.3) is 0 Å². The molecule has 0 radical (unpaired) electrons. The minimum atomic E-state index is 0.311. The van der Waals surface area contributed by atoms with Gasteiger partial charge in [0, 0.05) is 37.3 Å². The lowest BCUT2D eigenvalue weighted by atomic mass is 9.85. The van der Waals surface area contributed by atoms with E-state index in [1.165, 1.54) is 37.9 Å². The first-order chi connectivity index (χ1) is 12.2. The van der Waals surface area contributed by atoms with Gasteiger partial charge in [-0.05, 0) is 38.1 Å². The first kappa shape index (κ1) is 16.8. The van der Waals surface area contributed by atoms with Crippen molar-refractivity contribution >= 4 is 0 Å². The third-order valence-electron chi connectivity index (χ3n) is 5.66. The zero-order chi connectivity index (χ0) is 17.2. The van der Waals surface area contributed by atoms with Crippen molar-refractivity contribution in [2.75, 3.05) is 13.1 Å². The van der Waals surface area contributed by atoms with Crippen LogP contribution in [-0.4, -0.2) is 37.7 Å². The Kier molecular flexibility index (Phi) is 4.88. The second-order valence-electron chi connectivity index (χ2n) is 8.01. The predicted octanol–water partition coefficient (Wildman–Crippen LogP) is 3.57. The summed E-state index contributed by atoms with van der Waals surface area (Å²) in [7, 11) is 0. The third-order valence-corrected chi connectivity index (χ3v) is 5.66. The highest BCUT2D eigenvalue weighted by molar-refractivity contribution is 5.04. The van der Waals surface area contributed by atoms with E-state index in [1.807, 2.05) is 6.20 Å². The molecule has 2 aromatic rings. The van der Waals surface area contributed by atoms with E-state index in [0.717, 1.165) is 43.8 Å². The maximum absolute atomic E-state index is 5.43. The van der Waals surface area contributed by atoms with Crippen LogP contribution in [0.3, 0.4) is 0 Å². The first-order valence-corrected chi connectivity index (χ1v) is 9.75. The molecule has 0 amide bonds. The molecule has 6 nitrogen and oxygen atoms in total. The number of piperidine rings is 1. The molecule has 2 aromatic heterocycles. The number of nitrogens with zero attached hydrogens (tertiary/aromatic N) is 5. The van der Waals surface area contributed by atoms with Crippen LogP contribution < -0.4 is 0 Å². The average molecular weight is 343 g/mol. The van der Waals surface area contributed by atoms with Crippen molar-refractivity contribution in [3.63, 3.8) is 0 Å². The Hall–Kier alpha value is -1.69. The van der Waals surface area contributed by atoms with E-state index in [-0.39, 0.29) is 0 Å². The number of hydrogen-bond donors (Lipinski definition) is 0. The van der Waals surface area contributed by atoms with Crippen molar-refractivity contribution in [3.8, 4) is 0 Å². The SMILES string of the molecule is CC(C)c1noc(CN2CCC[C@H](c3nccn3CC3CCC3)C2)n1. The monoisotopic (exact) mass is 343 g/mol. The summed E-state index contributed by atoms with van der Waals surface area (Å²) >= 11 is 0. The highest BCUT2D eigenvalue weighted by Crippen LogP contribution is 2.31. The molecule has 1 saturated carbocycles. The lowest BCUT2D eigenvalue weighted by Crippen LogP contribution is -2.35. The zero-order valence-corrected chi connectivity index (χ0v) is 15.4. The van der Waals surface area contributed by atoms with Crippen molar-refractivity contribution in [1.82, 2.24) is 24.6 Å². The fourth-order valence-corrected chi connectivity index (χ4v) is 3.96. The molecule has 1 aliphatic carbocycles. The number of likely N-dealkylation sites (tertiary alicyclic amines) is 1. The summed E-state index contributed by atoms with van der Waals surface area (Å²) in [4.78, 5) is 11.7. The Morgan fingerprint density at radius 2 is 2.12 bits per heavy atom. The molecule has 2 aliphatic rings. The van der Waals surface area contributed by atoms with Crippen LogP contribution in [0.2, 0.25) is 0 Å². The van der Waals surface area contributed by atoms with Crippen LogP contribution in [0.5, 0.6) is 0 Å². The molecule has 25 heavy (non-hydrogen) atoms. The van der Waals surface area contributed by atoms with Crippen LogP contribution in [0, 0.1) is 5.92 Å². The van der Waals surface area contributed by atoms with Gasteiger partial charge in [0.15, 0.2) is 5.82 Å². The zero-order valence-electron chi connectivity index (χ0n) is 15.4. The highest BCUT2D eigenvalue weighted by Gasteiger charge is 2.27. The number of imidazole rings is 1. The topological polar surface area (TPSA) is 60.0 Å². The molecule has 3 heterocycles. The van der Waals surface area contributed by atoms with Gasteiger partial charge in [-0.25, -0.2) is 4.98 Å². The van der Waals surface area contributed by atoms with E-state index in [4.69, 9.17) is 9.51 Å². The van der Waals surface area contributed by atoms with Gasteiger partial charge >= 0.3 is 0 Å². The van der Waals surface area contributed by atoms with Crippen molar-refractivity contribution in [3.05, 3.63) is 29.9 Å². The normalized spacial score (nSPS) is 22.4. The molecule has 1 saturated heterocycles. The Morgan fingerprint density at radius 1 is 1.24 bits per heavy atom. The Morgan fingerprint density at radius 3 is 2.84 bits per heavy atom. The molecular weight excluding hydrogens is 314 g/mol. The van der Waals surface area contributed by atoms with Crippen molar-refractivity contribution in [2.45, 2.75) is 70.9 Å². The van der Waals surface area contributed by atoms with E-state index in [2.05, 4.69) is 39.7 Å². The van der Waals surface area contributed by atoms with Crippen LogP contribution >= 0.6 is 0 Å². The standard InChI is InChI=1S/C19H29N5O/c1-14(2)18-21-17(25-22-18)13-23-9-4-7-16(12-23)19-20-8-10-24(19)11-15-5-3-6-15/h8,10,14-16H,3-7,9,11-13H2,1-2H3/t16-/m0/s1. The molecular formula is C19H29N5O. The number of aromatic nitrogens is 4. The Balaban J connectivity index is 1.39. The second kappa shape index (κ2) is 7.28. The smallest absolute Gasteiger partial charge is 0.240 e. The highest BCUT2D eigenvalue weighted by atomic mass is 16.5. The molecule has 0 unspecified atom stereocenters. The number of rotatable bonds is 6. The van der Waals surface area contributed by atoms with E-state index >= 15 is 0 Å². The van der Waals surface area contributed by atoms with Gasteiger partial charge in [0.05, 0.1) is 6.54 Å². The predicted molar refractivity (Wildman–Crippen MR) is 95.2 cm³/mol. The van der Waals surface area contributed by atoms with Gasteiger partial charge in [-0.1, -0.05) is 25.4 Å². The van der Waals surface area contributed by atoms with Crippen molar-refractivity contribution in [2.24, 2.45) is 5.92 Å². The molecule has 0 N–H and O–H groups in total. The van der Waals surface area contributed by atoms with Gasteiger partial charge in [0.25, 0.3) is 0 Å². The quantitative estimate of drug-likeness (QED) is 0.802. The largest absolute Gasteiger partial charge is 0.338 e. The summed E-state index contributed by atoms with van der Waals surface area (Å²) < 4.78 is 7.83. The van der Waals surface area contributed by atoms with Crippen LogP contribution in [-0.2, 0) is 13.1 Å². The van der Waals surface area contributed by atoms with Gasteiger partial charge in [0.1, 0.15) is 5.82 Å². The second-order valence-corrected chi connectivity index (χ2v) is 8.01. The van der Waals surface area contributed by atoms with Crippen LogP contribution in [0.15, 0.2) is 16.9 Å². The van der Waals surface area contributed by atoms with E-state index in [1.54, 1.807) is 0 Å². The summed E-state index contributed by atoms with van der Waals surface area (Å²) in [6, 6.07) is 0. The minimum Gasteiger partial charge on any atom is -0.338 e. The van der Waals surface area contributed by atoms with Gasteiger partial charge in [0.2, 0.25) is 5.89 Å². The van der Waals surface area contributed by atoms with E-state index < -0.39 is 0 Å².